The van der Waals surface area contributed by atoms with E-state index >= 15 is 0 Å². The van der Waals surface area contributed by atoms with Gasteiger partial charge in [-0.25, -0.2) is 4.98 Å². The standard InChI is InChI=1S/C13H22N4O2/c1-9-6-7-15-12(10(9)11(14)16-18)19-8-13(2,3)17(4)5/h6-7,18H,8H2,1-5H3,(H2,14,16). The van der Waals surface area contributed by atoms with E-state index in [1.807, 2.05) is 21.0 Å². The summed E-state index contributed by atoms with van der Waals surface area (Å²) in [5, 5.41) is 11.8. The topological polar surface area (TPSA) is 84.0 Å². The van der Waals surface area contributed by atoms with Gasteiger partial charge in [-0.2, -0.15) is 0 Å². The third-order valence-corrected chi connectivity index (χ3v) is 3.26. The zero-order chi connectivity index (χ0) is 14.6. The number of aromatic nitrogens is 1. The van der Waals surface area contributed by atoms with Gasteiger partial charge in [0.25, 0.3) is 0 Å². The molecular formula is C13H22N4O2. The van der Waals surface area contributed by atoms with E-state index in [1.54, 1.807) is 12.3 Å². The molecule has 0 amide bonds. The minimum Gasteiger partial charge on any atom is -0.475 e. The summed E-state index contributed by atoms with van der Waals surface area (Å²) in [6.07, 6.45) is 1.64. The van der Waals surface area contributed by atoms with Gasteiger partial charge in [-0.3, -0.25) is 0 Å². The second kappa shape index (κ2) is 5.88. The van der Waals surface area contributed by atoms with Gasteiger partial charge in [-0.1, -0.05) is 5.16 Å². The average molecular weight is 266 g/mol. The molecule has 0 atom stereocenters. The van der Waals surface area contributed by atoms with E-state index in [2.05, 4.69) is 28.9 Å². The summed E-state index contributed by atoms with van der Waals surface area (Å²) in [7, 11) is 3.97. The van der Waals surface area contributed by atoms with Gasteiger partial charge >= 0.3 is 0 Å². The number of aryl methyl sites for hydroxylation is 1. The van der Waals surface area contributed by atoms with E-state index in [0.717, 1.165) is 5.56 Å². The van der Waals surface area contributed by atoms with Crippen molar-refractivity contribution in [3.63, 3.8) is 0 Å². The zero-order valence-electron chi connectivity index (χ0n) is 12.1. The fraction of sp³-hybridized carbons (Fsp3) is 0.538. The normalized spacial score (nSPS) is 12.8. The predicted molar refractivity (Wildman–Crippen MR) is 74.7 cm³/mol. The van der Waals surface area contributed by atoms with E-state index in [1.165, 1.54) is 0 Å². The van der Waals surface area contributed by atoms with Crippen LogP contribution in [0.4, 0.5) is 0 Å². The van der Waals surface area contributed by atoms with Crippen molar-refractivity contribution in [1.82, 2.24) is 9.88 Å². The number of oxime groups is 1. The van der Waals surface area contributed by atoms with E-state index in [-0.39, 0.29) is 11.4 Å². The van der Waals surface area contributed by atoms with Gasteiger partial charge in [-0.15, -0.1) is 0 Å². The van der Waals surface area contributed by atoms with Crippen LogP contribution in [-0.4, -0.2) is 47.2 Å². The molecule has 0 spiro atoms. The number of nitrogens with two attached hydrogens (primary N) is 1. The molecule has 0 fully saturated rings. The maximum atomic E-state index is 8.82. The van der Waals surface area contributed by atoms with Gasteiger partial charge in [-0.05, 0) is 46.5 Å². The fourth-order valence-corrected chi connectivity index (χ4v) is 1.38. The molecule has 1 aromatic rings. The third-order valence-electron chi connectivity index (χ3n) is 3.26. The molecule has 19 heavy (non-hydrogen) atoms. The van der Waals surface area contributed by atoms with Crippen molar-refractivity contribution in [1.29, 1.82) is 0 Å². The molecule has 0 aromatic carbocycles. The van der Waals surface area contributed by atoms with Crippen molar-refractivity contribution in [2.24, 2.45) is 10.9 Å². The highest BCUT2D eigenvalue weighted by atomic mass is 16.5. The summed E-state index contributed by atoms with van der Waals surface area (Å²) in [5.74, 6) is 0.383. The Morgan fingerprint density at radius 2 is 2.16 bits per heavy atom. The van der Waals surface area contributed by atoms with Crippen LogP contribution in [0, 0.1) is 6.92 Å². The summed E-state index contributed by atoms with van der Waals surface area (Å²) in [5.41, 5.74) is 6.90. The molecule has 0 saturated carbocycles. The van der Waals surface area contributed by atoms with Crippen LogP contribution in [0.1, 0.15) is 25.0 Å². The summed E-state index contributed by atoms with van der Waals surface area (Å²) in [4.78, 5) is 6.22. The maximum Gasteiger partial charge on any atom is 0.224 e. The van der Waals surface area contributed by atoms with Crippen LogP contribution in [0.5, 0.6) is 5.88 Å². The third kappa shape index (κ3) is 3.57. The van der Waals surface area contributed by atoms with Gasteiger partial charge in [0, 0.05) is 11.7 Å². The number of likely N-dealkylation sites (N-methyl/N-ethyl adjacent to an activating group) is 1. The number of ether oxygens (including phenoxy) is 1. The highest BCUT2D eigenvalue weighted by Gasteiger charge is 2.23. The molecule has 6 nitrogen and oxygen atoms in total. The Labute approximate surface area is 113 Å². The Hall–Kier alpha value is -1.82. The van der Waals surface area contributed by atoms with Crippen LogP contribution in [0.25, 0.3) is 0 Å². The van der Waals surface area contributed by atoms with Crippen LogP contribution in [0.15, 0.2) is 17.4 Å². The minimum absolute atomic E-state index is 0.00302. The number of nitrogens with zero attached hydrogens (tertiary/aromatic N) is 3. The molecular weight excluding hydrogens is 244 g/mol. The lowest BCUT2D eigenvalue weighted by Gasteiger charge is -2.32. The lowest BCUT2D eigenvalue weighted by molar-refractivity contribution is 0.111. The van der Waals surface area contributed by atoms with Gasteiger partial charge < -0.3 is 20.6 Å². The van der Waals surface area contributed by atoms with E-state index in [0.29, 0.717) is 18.1 Å². The Balaban J connectivity index is 3.00. The van der Waals surface area contributed by atoms with E-state index in [4.69, 9.17) is 15.7 Å². The minimum atomic E-state index is -0.145. The maximum absolute atomic E-state index is 8.82. The summed E-state index contributed by atoms with van der Waals surface area (Å²) in [6, 6.07) is 1.79. The molecule has 1 aromatic heterocycles. The molecule has 0 saturated heterocycles. The number of hydrogen-bond acceptors (Lipinski definition) is 5. The van der Waals surface area contributed by atoms with Crippen LogP contribution >= 0.6 is 0 Å². The largest absolute Gasteiger partial charge is 0.475 e. The molecule has 3 N–H and O–H groups in total. The summed E-state index contributed by atoms with van der Waals surface area (Å²) in [6.45, 7) is 6.43. The first-order valence-corrected chi connectivity index (χ1v) is 6.03. The molecule has 1 rings (SSSR count). The first-order chi connectivity index (χ1) is 8.79. The SMILES string of the molecule is Cc1ccnc(OCC(C)(C)N(C)C)c1/C(N)=N/O. The van der Waals surface area contributed by atoms with Gasteiger partial charge in [0.15, 0.2) is 5.84 Å². The Kier molecular flexibility index (Phi) is 4.72. The number of pyridine rings is 1. The number of hydrogen-bond donors (Lipinski definition) is 2. The predicted octanol–water partition coefficient (Wildman–Crippen LogP) is 1.20. The van der Waals surface area contributed by atoms with Crippen LogP contribution in [-0.2, 0) is 0 Å². The number of amidine groups is 1. The van der Waals surface area contributed by atoms with Crippen LogP contribution in [0.2, 0.25) is 0 Å². The van der Waals surface area contributed by atoms with Crippen molar-refractivity contribution < 1.29 is 9.94 Å². The molecule has 6 heteroatoms. The second-order valence-corrected chi connectivity index (χ2v) is 5.29. The molecule has 0 aliphatic rings. The first kappa shape index (κ1) is 15.2. The van der Waals surface area contributed by atoms with Gasteiger partial charge in [0.2, 0.25) is 5.88 Å². The second-order valence-electron chi connectivity index (χ2n) is 5.29. The van der Waals surface area contributed by atoms with Gasteiger partial charge in [0.1, 0.15) is 6.61 Å². The average Bonchev–Trinajstić information content (AvgIpc) is 2.35. The smallest absolute Gasteiger partial charge is 0.224 e. The van der Waals surface area contributed by atoms with Crippen molar-refractivity contribution >= 4 is 5.84 Å². The van der Waals surface area contributed by atoms with Crippen molar-refractivity contribution in [2.45, 2.75) is 26.3 Å². The van der Waals surface area contributed by atoms with Crippen LogP contribution in [0.3, 0.4) is 0 Å². The lowest BCUT2D eigenvalue weighted by Crippen LogP contribution is -2.43. The van der Waals surface area contributed by atoms with E-state index < -0.39 is 0 Å². The first-order valence-electron chi connectivity index (χ1n) is 6.03. The Morgan fingerprint density at radius 3 is 2.68 bits per heavy atom. The number of rotatable bonds is 5. The molecule has 0 aliphatic carbocycles. The fourth-order valence-electron chi connectivity index (χ4n) is 1.38. The molecule has 0 aliphatic heterocycles. The summed E-state index contributed by atoms with van der Waals surface area (Å²) >= 11 is 0. The molecule has 1 heterocycles. The Morgan fingerprint density at radius 1 is 1.53 bits per heavy atom. The molecule has 0 unspecified atom stereocenters. The van der Waals surface area contributed by atoms with Crippen molar-refractivity contribution in [3.05, 3.63) is 23.4 Å². The quantitative estimate of drug-likeness (QED) is 0.362. The van der Waals surface area contributed by atoms with Crippen LogP contribution < -0.4 is 10.5 Å². The van der Waals surface area contributed by atoms with E-state index in [9.17, 15) is 0 Å². The highest BCUT2D eigenvalue weighted by Crippen LogP contribution is 2.21. The Bertz CT molecular complexity index is 470. The zero-order valence-corrected chi connectivity index (χ0v) is 12.1. The molecule has 106 valence electrons. The summed E-state index contributed by atoms with van der Waals surface area (Å²) < 4.78 is 5.74. The lowest BCUT2D eigenvalue weighted by atomic mass is 10.1. The highest BCUT2D eigenvalue weighted by molar-refractivity contribution is 6.00. The van der Waals surface area contributed by atoms with Gasteiger partial charge in [0.05, 0.1) is 5.56 Å². The molecule has 0 radical (unpaired) electrons. The monoisotopic (exact) mass is 266 g/mol. The van der Waals surface area contributed by atoms with Crippen molar-refractivity contribution in [2.75, 3.05) is 20.7 Å². The molecule has 0 bridgehead atoms. The van der Waals surface area contributed by atoms with Crippen molar-refractivity contribution in [3.8, 4) is 5.88 Å².